The van der Waals surface area contributed by atoms with Gasteiger partial charge in [-0.15, -0.1) is 0 Å². The maximum absolute atomic E-state index is 13.7. The zero-order valence-corrected chi connectivity index (χ0v) is 12.7. The van der Waals surface area contributed by atoms with E-state index in [1.807, 2.05) is 20.8 Å². The van der Waals surface area contributed by atoms with Crippen molar-refractivity contribution in [2.75, 3.05) is 0 Å². The highest BCUT2D eigenvalue weighted by atomic mass is 19.1. The van der Waals surface area contributed by atoms with E-state index >= 15 is 0 Å². The van der Waals surface area contributed by atoms with Crippen molar-refractivity contribution in [2.24, 2.45) is 0 Å². The van der Waals surface area contributed by atoms with Crippen LogP contribution in [0.1, 0.15) is 45.0 Å². The minimum Gasteiger partial charge on any atom is -0.384 e. The molecule has 106 valence electrons. The number of aliphatic hydroxyl groups is 1. The Balaban J connectivity index is 2.55. The zero-order valence-electron chi connectivity index (χ0n) is 12.7. The Bertz CT molecular complexity index is 612. The van der Waals surface area contributed by atoms with E-state index in [0.717, 1.165) is 22.3 Å². The number of aliphatic hydroxyl groups excluding tert-OH is 1. The van der Waals surface area contributed by atoms with Gasteiger partial charge >= 0.3 is 0 Å². The van der Waals surface area contributed by atoms with E-state index in [9.17, 15) is 9.50 Å². The van der Waals surface area contributed by atoms with Gasteiger partial charge in [-0.3, -0.25) is 0 Å². The average Bonchev–Trinajstić information content (AvgIpc) is 2.33. The molecule has 2 aromatic rings. The summed E-state index contributed by atoms with van der Waals surface area (Å²) in [7, 11) is 0. The van der Waals surface area contributed by atoms with Gasteiger partial charge in [0.15, 0.2) is 0 Å². The van der Waals surface area contributed by atoms with Crippen LogP contribution in [-0.4, -0.2) is 5.11 Å². The fourth-order valence-electron chi connectivity index (χ4n) is 2.93. The summed E-state index contributed by atoms with van der Waals surface area (Å²) in [5.74, 6) is -0.196. The molecule has 0 amide bonds. The van der Waals surface area contributed by atoms with Crippen LogP contribution in [0.2, 0.25) is 0 Å². The lowest BCUT2D eigenvalue weighted by Gasteiger charge is -2.19. The number of hydrogen-bond acceptors (Lipinski definition) is 1. The predicted octanol–water partition coefficient (Wildman–Crippen LogP) is 4.45. The lowest BCUT2D eigenvalue weighted by atomic mass is 9.90. The molecule has 0 aliphatic rings. The number of rotatable bonds is 2. The molecule has 0 spiro atoms. The quantitative estimate of drug-likeness (QED) is 0.856. The van der Waals surface area contributed by atoms with Gasteiger partial charge in [-0.1, -0.05) is 29.8 Å². The number of benzene rings is 2. The van der Waals surface area contributed by atoms with E-state index in [-0.39, 0.29) is 5.82 Å². The van der Waals surface area contributed by atoms with Crippen LogP contribution in [0.5, 0.6) is 0 Å². The van der Waals surface area contributed by atoms with Gasteiger partial charge in [0.25, 0.3) is 0 Å². The van der Waals surface area contributed by atoms with Gasteiger partial charge in [-0.2, -0.15) is 0 Å². The molecular weight excluding hydrogens is 251 g/mol. The lowest BCUT2D eigenvalue weighted by molar-refractivity contribution is 0.218. The van der Waals surface area contributed by atoms with E-state index in [2.05, 4.69) is 12.1 Å². The smallest absolute Gasteiger partial charge is 0.129 e. The highest BCUT2D eigenvalue weighted by molar-refractivity contribution is 5.44. The Morgan fingerprint density at radius 2 is 1.25 bits per heavy atom. The second kappa shape index (κ2) is 5.37. The van der Waals surface area contributed by atoms with E-state index in [4.69, 9.17) is 0 Å². The molecule has 1 unspecified atom stereocenters. The van der Waals surface area contributed by atoms with E-state index < -0.39 is 6.10 Å². The summed E-state index contributed by atoms with van der Waals surface area (Å²) in [4.78, 5) is 0. The number of hydrogen-bond donors (Lipinski definition) is 1. The fraction of sp³-hybridized carbons (Fsp3) is 0.333. The lowest BCUT2D eigenvalue weighted by Crippen LogP contribution is -2.06. The predicted molar refractivity (Wildman–Crippen MR) is 80.6 cm³/mol. The summed E-state index contributed by atoms with van der Waals surface area (Å²) in [5.41, 5.74) is 6.12. The zero-order chi connectivity index (χ0) is 15.0. The van der Waals surface area contributed by atoms with Crippen LogP contribution in [0.3, 0.4) is 0 Å². The van der Waals surface area contributed by atoms with Crippen molar-refractivity contribution in [1.29, 1.82) is 0 Å². The van der Waals surface area contributed by atoms with Crippen molar-refractivity contribution < 1.29 is 9.50 Å². The normalized spacial score (nSPS) is 12.6. The molecule has 0 saturated heterocycles. The van der Waals surface area contributed by atoms with E-state index in [1.54, 1.807) is 26.0 Å². The minimum atomic E-state index is -0.714. The van der Waals surface area contributed by atoms with Gasteiger partial charge in [0.2, 0.25) is 0 Å². The standard InChI is InChI=1S/C18H21FO/c1-10-6-11(2)16(12(3)7-10)18(20)15-8-13(4)17(19)14(5)9-15/h6-9,18,20H,1-5H3. The van der Waals surface area contributed by atoms with Gasteiger partial charge in [0.05, 0.1) is 0 Å². The Labute approximate surface area is 120 Å². The molecule has 0 radical (unpaired) electrons. The van der Waals surface area contributed by atoms with E-state index in [1.165, 1.54) is 5.56 Å². The molecule has 0 aliphatic heterocycles. The Morgan fingerprint density at radius 3 is 1.70 bits per heavy atom. The van der Waals surface area contributed by atoms with Crippen molar-refractivity contribution in [3.05, 3.63) is 69.0 Å². The van der Waals surface area contributed by atoms with E-state index in [0.29, 0.717) is 11.1 Å². The molecule has 0 aliphatic carbocycles. The number of aryl methyl sites for hydroxylation is 5. The summed E-state index contributed by atoms with van der Waals surface area (Å²) in [6.07, 6.45) is -0.714. The molecule has 0 fully saturated rings. The highest BCUT2D eigenvalue weighted by Gasteiger charge is 2.17. The first kappa shape index (κ1) is 14.7. The maximum Gasteiger partial charge on any atom is 0.129 e. The Morgan fingerprint density at radius 1 is 0.800 bits per heavy atom. The summed E-state index contributed by atoms with van der Waals surface area (Å²) in [6, 6.07) is 7.58. The summed E-state index contributed by atoms with van der Waals surface area (Å²) in [6.45, 7) is 9.51. The molecule has 20 heavy (non-hydrogen) atoms. The van der Waals surface area contributed by atoms with Crippen molar-refractivity contribution in [1.82, 2.24) is 0 Å². The first-order valence-electron chi connectivity index (χ1n) is 6.83. The SMILES string of the molecule is Cc1cc(C)c(C(O)c2cc(C)c(F)c(C)c2)c(C)c1. The van der Waals surface area contributed by atoms with Crippen LogP contribution in [0.4, 0.5) is 4.39 Å². The third-order valence-electron chi connectivity index (χ3n) is 3.79. The molecule has 0 aromatic heterocycles. The second-order valence-corrected chi connectivity index (χ2v) is 5.68. The molecule has 0 heterocycles. The fourth-order valence-corrected chi connectivity index (χ4v) is 2.93. The monoisotopic (exact) mass is 272 g/mol. The Kier molecular flexibility index (Phi) is 3.96. The van der Waals surface area contributed by atoms with Crippen LogP contribution in [0.15, 0.2) is 24.3 Å². The second-order valence-electron chi connectivity index (χ2n) is 5.68. The molecule has 1 nitrogen and oxygen atoms in total. The molecule has 1 N–H and O–H groups in total. The number of halogens is 1. The molecule has 2 aromatic carbocycles. The third-order valence-corrected chi connectivity index (χ3v) is 3.79. The van der Waals surface area contributed by atoms with Gasteiger partial charge in [0, 0.05) is 0 Å². The largest absolute Gasteiger partial charge is 0.384 e. The third kappa shape index (κ3) is 2.61. The summed E-state index contributed by atoms with van der Waals surface area (Å²) < 4.78 is 13.7. The van der Waals surface area contributed by atoms with Crippen molar-refractivity contribution in [3.8, 4) is 0 Å². The van der Waals surface area contributed by atoms with Gasteiger partial charge in [-0.05, 0) is 68.0 Å². The van der Waals surface area contributed by atoms with Crippen LogP contribution >= 0.6 is 0 Å². The first-order valence-corrected chi connectivity index (χ1v) is 6.83. The Hall–Kier alpha value is -1.67. The van der Waals surface area contributed by atoms with Crippen LogP contribution < -0.4 is 0 Å². The maximum atomic E-state index is 13.7. The van der Waals surface area contributed by atoms with Crippen LogP contribution in [-0.2, 0) is 0 Å². The van der Waals surface area contributed by atoms with Crippen molar-refractivity contribution in [3.63, 3.8) is 0 Å². The topological polar surface area (TPSA) is 20.2 Å². The first-order chi connectivity index (χ1) is 9.31. The summed E-state index contributed by atoms with van der Waals surface area (Å²) in [5, 5.41) is 10.7. The van der Waals surface area contributed by atoms with Crippen LogP contribution in [0, 0.1) is 40.4 Å². The summed E-state index contributed by atoms with van der Waals surface area (Å²) >= 11 is 0. The van der Waals surface area contributed by atoms with Gasteiger partial charge in [-0.25, -0.2) is 4.39 Å². The molecule has 2 rings (SSSR count). The van der Waals surface area contributed by atoms with Gasteiger partial charge in [0.1, 0.15) is 11.9 Å². The molecule has 2 heteroatoms. The van der Waals surface area contributed by atoms with Crippen LogP contribution in [0.25, 0.3) is 0 Å². The highest BCUT2D eigenvalue weighted by Crippen LogP contribution is 2.30. The molecule has 1 atom stereocenters. The average molecular weight is 272 g/mol. The molecular formula is C18H21FO. The van der Waals surface area contributed by atoms with Crippen molar-refractivity contribution >= 4 is 0 Å². The van der Waals surface area contributed by atoms with Gasteiger partial charge < -0.3 is 5.11 Å². The minimum absolute atomic E-state index is 0.196. The molecule has 0 bridgehead atoms. The molecule has 0 saturated carbocycles. The van der Waals surface area contributed by atoms with Crippen molar-refractivity contribution in [2.45, 2.75) is 40.7 Å².